The SMILES string of the molecule is COC(=O)c1ccc(N2CCN(c3ccc4c(c3)CCC3(CCN(C5CCC5)CC3)O4)CC2)nc1. The minimum absolute atomic E-state index is 0.0524. The van der Waals surface area contributed by atoms with Gasteiger partial charge in [0.15, 0.2) is 0 Å². The number of benzene rings is 1. The monoisotopic (exact) mass is 476 g/mol. The smallest absolute Gasteiger partial charge is 0.339 e. The van der Waals surface area contributed by atoms with E-state index >= 15 is 0 Å². The largest absolute Gasteiger partial charge is 0.487 e. The number of hydrogen-bond donors (Lipinski definition) is 0. The maximum atomic E-state index is 11.6. The molecule has 1 aliphatic carbocycles. The van der Waals surface area contributed by atoms with Crippen molar-refractivity contribution in [3.05, 3.63) is 47.7 Å². The van der Waals surface area contributed by atoms with Gasteiger partial charge in [-0.05, 0) is 74.4 Å². The number of carbonyl (C=O) groups is 1. The summed E-state index contributed by atoms with van der Waals surface area (Å²) in [6.07, 6.45) is 10.4. The first-order valence-corrected chi connectivity index (χ1v) is 13.2. The molecule has 0 N–H and O–H groups in total. The molecule has 3 fully saturated rings. The number of nitrogens with zero attached hydrogens (tertiary/aromatic N) is 4. The maximum Gasteiger partial charge on any atom is 0.339 e. The number of hydrogen-bond acceptors (Lipinski definition) is 7. The highest BCUT2D eigenvalue weighted by atomic mass is 16.5. The quantitative estimate of drug-likeness (QED) is 0.620. The molecule has 1 aromatic heterocycles. The van der Waals surface area contributed by atoms with Gasteiger partial charge in [-0.15, -0.1) is 0 Å². The Labute approximate surface area is 208 Å². The Morgan fingerprint density at radius 3 is 2.43 bits per heavy atom. The van der Waals surface area contributed by atoms with Crippen molar-refractivity contribution < 1.29 is 14.3 Å². The van der Waals surface area contributed by atoms with Gasteiger partial charge in [-0.25, -0.2) is 9.78 Å². The van der Waals surface area contributed by atoms with Crippen molar-refractivity contribution >= 4 is 17.5 Å². The van der Waals surface area contributed by atoms with Crippen LogP contribution < -0.4 is 14.5 Å². The molecule has 0 atom stereocenters. The molecule has 1 saturated carbocycles. The van der Waals surface area contributed by atoms with Crippen LogP contribution in [0.25, 0.3) is 0 Å². The summed E-state index contributed by atoms with van der Waals surface area (Å²) in [7, 11) is 1.39. The van der Waals surface area contributed by atoms with Gasteiger partial charge in [-0.3, -0.25) is 0 Å². The summed E-state index contributed by atoms with van der Waals surface area (Å²) in [6.45, 7) is 6.09. The lowest BCUT2D eigenvalue weighted by Crippen LogP contribution is -2.53. The molecule has 35 heavy (non-hydrogen) atoms. The highest BCUT2D eigenvalue weighted by Gasteiger charge is 2.41. The van der Waals surface area contributed by atoms with Gasteiger partial charge in [0.1, 0.15) is 17.2 Å². The third-order valence-electron chi connectivity index (χ3n) is 8.66. The average Bonchev–Trinajstić information content (AvgIpc) is 2.88. The van der Waals surface area contributed by atoms with Crippen LogP contribution in [-0.2, 0) is 11.2 Å². The van der Waals surface area contributed by atoms with Crippen LogP contribution in [0, 0.1) is 0 Å². The predicted octanol–water partition coefficient (Wildman–Crippen LogP) is 3.91. The third-order valence-corrected chi connectivity index (χ3v) is 8.66. The van der Waals surface area contributed by atoms with Crippen LogP contribution >= 0.6 is 0 Å². The number of aromatic nitrogens is 1. The number of aryl methyl sites for hydroxylation is 1. The summed E-state index contributed by atoms with van der Waals surface area (Å²) >= 11 is 0. The van der Waals surface area contributed by atoms with E-state index in [-0.39, 0.29) is 11.6 Å². The number of esters is 1. The van der Waals surface area contributed by atoms with E-state index in [9.17, 15) is 4.79 Å². The first-order valence-electron chi connectivity index (χ1n) is 13.2. The predicted molar refractivity (Wildman–Crippen MR) is 137 cm³/mol. The Balaban J connectivity index is 1.05. The van der Waals surface area contributed by atoms with Gasteiger partial charge in [-0.1, -0.05) is 6.42 Å². The number of likely N-dealkylation sites (tertiary alicyclic amines) is 1. The molecule has 2 saturated heterocycles. The minimum atomic E-state index is -0.352. The Hall–Kier alpha value is -2.80. The molecule has 4 heterocycles. The van der Waals surface area contributed by atoms with Crippen LogP contribution in [0.15, 0.2) is 36.5 Å². The lowest BCUT2D eigenvalue weighted by atomic mass is 9.81. The second-order valence-electron chi connectivity index (χ2n) is 10.6. The zero-order valence-electron chi connectivity index (χ0n) is 20.7. The Morgan fingerprint density at radius 1 is 1.00 bits per heavy atom. The first-order chi connectivity index (χ1) is 17.1. The minimum Gasteiger partial charge on any atom is -0.487 e. The van der Waals surface area contributed by atoms with Gasteiger partial charge in [0.05, 0.1) is 12.7 Å². The number of ether oxygens (including phenoxy) is 2. The second-order valence-corrected chi connectivity index (χ2v) is 10.6. The second kappa shape index (κ2) is 9.34. The number of piperazine rings is 1. The van der Waals surface area contributed by atoms with Gasteiger partial charge in [0.2, 0.25) is 0 Å². The van der Waals surface area contributed by atoms with Crippen LogP contribution in [0.4, 0.5) is 11.5 Å². The lowest BCUT2D eigenvalue weighted by Gasteiger charge is -2.48. The average molecular weight is 477 g/mol. The van der Waals surface area contributed by atoms with E-state index < -0.39 is 0 Å². The first kappa shape index (κ1) is 22.7. The molecule has 7 nitrogen and oxygen atoms in total. The third kappa shape index (κ3) is 4.46. The van der Waals surface area contributed by atoms with E-state index in [1.54, 1.807) is 12.3 Å². The molecule has 0 radical (unpaired) electrons. The van der Waals surface area contributed by atoms with Crippen molar-refractivity contribution in [1.82, 2.24) is 9.88 Å². The van der Waals surface area contributed by atoms with E-state index in [4.69, 9.17) is 9.47 Å². The molecule has 1 aromatic carbocycles. The molecule has 186 valence electrons. The number of anilines is 2. The van der Waals surface area contributed by atoms with Gasteiger partial charge in [0.25, 0.3) is 0 Å². The van der Waals surface area contributed by atoms with Crippen molar-refractivity contribution in [1.29, 1.82) is 0 Å². The maximum absolute atomic E-state index is 11.6. The molecular formula is C28H36N4O3. The molecule has 6 rings (SSSR count). The fraction of sp³-hybridized carbons (Fsp3) is 0.571. The Kier molecular flexibility index (Phi) is 6.04. The molecule has 0 unspecified atom stereocenters. The fourth-order valence-electron chi connectivity index (χ4n) is 6.11. The summed E-state index contributed by atoms with van der Waals surface area (Å²) in [5.74, 6) is 1.66. The molecule has 1 spiro atoms. The normalized spacial score (nSPS) is 22.3. The van der Waals surface area contributed by atoms with E-state index in [0.717, 1.165) is 56.6 Å². The van der Waals surface area contributed by atoms with Crippen LogP contribution in [0.5, 0.6) is 5.75 Å². The molecule has 0 amide bonds. The molecule has 3 aliphatic heterocycles. The highest BCUT2D eigenvalue weighted by molar-refractivity contribution is 5.89. The number of piperidine rings is 1. The van der Waals surface area contributed by atoms with Crippen molar-refractivity contribution in [2.24, 2.45) is 0 Å². The molecule has 0 bridgehead atoms. The highest BCUT2D eigenvalue weighted by Crippen LogP contribution is 2.42. The van der Waals surface area contributed by atoms with Gasteiger partial charge in [-0.2, -0.15) is 0 Å². The van der Waals surface area contributed by atoms with E-state index in [1.807, 2.05) is 6.07 Å². The standard InChI is InChI=1S/C28H36N4O3/c1-34-27(33)22-5-8-26(29-20-22)32-17-15-31(16-18-32)24-6-7-25-21(19-24)9-10-28(35-25)11-13-30(14-12-28)23-3-2-4-23/h5-8,19-20,23H,2-4,9-18H2,1H3. The summed E-state index contributed by atoms with van der Waals surface area (Å²) < 4.78 is 11.5. The molecule has 2 aromatic rings. The van der Waals surface area contributed by atoms with Crippen molar-refractivity contribution in [3.63, 3.8) is 0 Å². The number of carbonyl (C=O) groups excluding carboxylic acids is 1. The Bertz CT molecular complexity index is 1050. The Morgan fingerprint density at radius 2 is 1.77 bits per heavy atom. The van der Waals surface area contributed by atoms with Gasteiger partial charge >= 0.3 is 5.97 Å². The molecule has 7 heteroatoms. The van der Waals surface area contributed by atoms with Crippen LogP contribution in [0.2, 0.25) is 0 Å². The van der Waals surface area contributed by atoms with Crippen molar-refractivity contribution in [3.8, 4) is 5.75 Å². The lowest BCUT2D eigenvalue weighted by molar-refractivity contribution is -0.0336. The summed E-state index contributed by atoms with van der Waals surface area (Å²) in [5, 5.41) is 0. The van der Waals surface area contributed by atoms with Gasteiger partial charge in [0, 0.05) is 57.2 Å². The van der Waals surface area contributed by atoms with E-state index in [1.165, 1.54) is 63.6 Å². The summed E-state index contributed by atoms with van der Waals surface area (Å²) in [4.78, 5) is 23.6. The molecule has 4 aliphatic rings. The molecular weight excluding hydrogens is 440 g/mol. The van der Waals surface area contributed by atoms with Crippen molar-refractivity contribution in [2.45, 2.75) is 56.6 Å². The fourth-order valence-corrected chi connectivity index (χ4v) is 6.11. The van der Waals surface area contributed by atoms with Crippen molar-refractivity contribution in [2.75, 3.05) is 56.2 Å². The topological polar surface area (TPSA) is 58.1 Å². The zero-order chi connectivity index (χ0) is 23.8. The summed E-state index contributed by atoms with van der Waals surface area (Å²) in [6, 6.07) is 11.3. The number of pyridine rings is 1. The zero-order valence-corrected chi connectivity index (χ0v) is 20.7. The number of fused-ring (bicyclic) bond motifs is 1. The van der Waals surface area contributed by atoms with Crippen LogP contribution in [0.3, 0.4) is 0 Å². The van der Waals surface area contributed by atoms with Crippen LogP contribution in [-0.4, -0.2) is 73.9 Å². The van der Waals surface area contributed by atoms with Crippen LogP contribution in [0.1, 0.15) is 54.4 Å². The number of methoxy groups -OCH3 is 1. The van der Waals surface area contributed by atoms with E-state index in [0.29, 0.717) is 5.56 Å². The van der Waals surface area contributed by atoms with Gasteiger partial charge < -0.3 is 24.2 Å². The number of rotatable bonds is 4. The summed E-state index contributed by atoms with van der Waals surface area (Å²) in [5.41, 5.74) is 3.18. The van der Waals surface area contributed by atoms with E-state index in [2.05, 4.69) is 37.9 Å².